The standard InChI is InChI=1S/C14H18F3N5S/c1-13(2)9-18-12(23-13)22-7-5-21(6-8-22)11-4-3-10(19-20-11)14(15,16)17/h3-4H,5-9H2,1-2H3. The fourth-order valence-corrected chi connectivity index (χ4v) is 3.57. The minimum atomic E-state index is -4.45. The molecule has 0 unspecified atom stereocenters. The van der Waals surface area contributed by atoms with Crippen LogP contribution in [-0.4, -0.2) is 57.7 Å². The van der Waals surface area contributed by atoms with Crippen molar-refractivity contribution in [3.05, 3.63) is 17.8 Å². The zero-order valence-corrected chi connectivity index (χ0v) is 13.8. The largest absolute Gasteiger partial charge is 0.435 e. The van der Waals surface area contributed by atoms with E-state index >= 15 is 0 Å². The van der Waals surface area contributed by atoms with Crippen LogP contribution in [0, 0.1) is 0 Å². The average Bonchev–Trinajstić information content (AvgIpc) is 2.87. The third-order valence-electron chi connectivity index (χ3n) is 3.78. The topological polar surface area (TPSA) is 44.6 Å². The number of rotatable bonds is 1. The molecule has 0 bridgehead atoms. The molecule has 1 aromatic rings. The van der Waals surface area contributed by atoms with Crippen molar-refractivity contribution in [1.82, 2.24) is 15.1 Å². The van der Waals surface area contributed by atoms with Crippen molar-refractivity contribution in [2.45, 2.75) is 24.8 Å². The third-order valence-corrected chi connectivity index (χ3v) is 5.03. The summed E-state index contributed by atoms with van der Waals surface area (Å²) in [5.74, 6) is 0.485. The number of alkyl halides is 3. The SMILES string of the molecule is CC1(C)CN=C(N2CCN(c3ccc(C(F)(F)F)nn3)CC2)S1. The Hall–Kier alpha value is -1.51. The van der Waals surface area contributed by atoms with Crippen molar-refractivity contribution < 1.29 is 13.2 Å². The molecule has 0 aromatic carbocycles. The maximum atomic E-state index is 12.5. The van der Waals surface area contributed by atoms with Crippen molar-refractivity contribution in [3.8, 4) is 0 Å². The smallest absolute Gasteiger partial charge is 0.352 e. The van der Waals surface area contributed by atoms with Crippen LogP contribution in [0.15, 0.2) is 17.1 Å². The van der Waals surface area contributed by atoms with Gasteiger partial charge in [0.05, 0.1) is 6.54 Å². The first-order valence-corrected chi connectivity index (χ1v) is 8.21. The van der Waals surface area contributed by atoms with Crippen LogP contribution < -0.4 is 4.90 Å². The molecular formula is C14H18F3N5S. The van der Waals surface area contributed by atoms with Gasteiger partial charge in [-0.1, -0.05) is 11.8 Å². The van der Waals surface area contributed by atoms with Crippen molar-refractivity contribution in [2.75, 3.05) is 37.6 Å². The van der Waals surface area contributed by atoms with Crippen LogP contribution in [0.4, 0.5) is 19.0 Å². The molecule has 3 rings (SSSR count). The minimum Gasteiger partial charge on any atom is -0.352 e. The molecule has 9 heteroatoms. The molecule has 0 saturated carbocycles. The lowest BCUT2D eigenvalue weighted by atomic mass is 10.2. The molecule has 1 fully saturated rings. The van der Waals surface area contributed by atoms with Gasteiger partial charge in [-0.15, -0.1) is 10.2 Å². The number of piperazine rings is 1. The van der Waals surface area contributed by atoms with Crippen LogP contribution in [0.3, 0.4) is 0 Å². The summed E-state index contributed by atoms with van der Waals surface area (Å²) in [6.07, 6.45) is -4.45. The molecular weight excluding hydrogens is 327 g/mol. The number of nitrogens with zero attached hydrogens (tertiary/aromatic N) is 5. The second kappa shape index (κ2) is 5.85. The van der Waals surface area contributed by atoms with Crippen LogP contribution in [0.2, 0.25) is 0 Å². The van der Waals surface area contributed by atoms with Gasteiger partial charge in [-0.05, 0) is 26.0 Å². The molecule has 0 amide bonds. The van der Waals surface area contributed by atoms with E-state index in [2.05, 4.69) is 33.9 Å². The summed E-state index contributed by atoms with van der Waals surface area (Å²) in [4.78, 5) is 8.77. The first-order chi connectivity index (χ1) is 10.7. The van der Waals surface area contributed by atoms with Gasteiger partial charge in [0.15, 0.2) is 16.7 Å². The maximum Gasteiger partial charge on any atom is 0.435 e. The van der Waals surface area contributed by atoms with Crippen molar-refractivity contribution in [2.24, 2.45) is 4.99 Å². The van der Waals surface area contributed by atoms with Gasteiger partial charge in [0.2, 0.25) is 0 Å². The Balaban J connectivity index is 1.59. The Morgan fingerprint density at radius 1 is 1.04 bits per heavy atom. The van der Waals surface area contributed by atoms with E-state index in [1.54, 1.807) is 11.8 Å². The highest BCUT2D eigenvalue weighted by molar-refractivity contribution is 8.15. The van der Waals surface area contributed by atoms with Crippen LogP contribution in [0.1, 0.15) is 19.5 Å². The van der Waals surface area contributed by atoms with Gasteiger partial charge < -0.3 is 9.80 Å². The van der Waals surface area contributed by atoms with Gasteiger partial charge in [-0.25, -0.2) is 0 Å². The first kappa shape index (κ1) is 16.4. The van der Waals surface area contributed by atoms with E-state index in [-0.39, 0.29) is 4.75 Å². The molecule has 2 aliphatic rings. The number of hydrogen-bond donors (Lipinski definition) is 0. The van der Waals surface area contributed by atoms with Crippen LogP contribution in [-0.2, 0) is 6.18 Å². The molecule has 3 heterocycles. The lowest BCUT2D eigenvalue weighted by molar-refractivity contribution is -0.141. The zero-order valence-electron chi connectivity index (χ0n) is 13.0. The molecule has 5 nitrogen and oxygen atoms in total. The van der Waals surface area contributed by atoms with E-state index < -0.39 is 11.9 Å². The quantitative estimate of drug-likeness (QED) is 0.782. The molecule has 0 spiro atoms. The number of aliphatic imine (C=N–C) groups is 1. The van der Waals surface area contributed by atoms with Crippen molar-refractivity contribution >= 4 is 22.7 Å². The highest BCUT2D eigenvalue weighted by Gasteiger charge is 2.34. The fraction of sp³-hybridized carbons (Fsp3) is 0.643. The first-order valence-electron chi connectivity index (χ1n) is 7.39. The highest BCUT2D eigenvalue weighted by Crippen LogP contribution is 2.34. The highest BCUT2D eigenvalue weighted by atomic mass is 32.2. The van der Waals surface area contributed by atoms with Gasteiger partial charge in [0, 0.05) is 30.9 Å². The molecule has 1 aromatic heterocycles. The monoisotopic (exact) mass is 345 g/mol. The number of hydrogen-bond acceptors (Lipinski definition) is 6. The second-order valence-corrected chi connectivity index (χ2v) is 7.88. The molecule has 0 atom stereocenters. The van der Waals surface area contributed by atoms with Gasteiger partial charge in [0.1, 0.15) is 0 Å². The Morgan fingerprint density at radius 3 is 2.17 bits per heavy atom. The molecule has 0 radical (unpaired) electrons. The predicted molar refractivity (Wildman–Crippen MR) is 84.8 cm³/mol. The van der Waals surface area contributed by atoms with Crippen LogP contribution >= 0.6 is 11.8 Å². The van der Waals surface area contributed by atoms with E-state index in [1.165, 1.54) is 6.07 Å². The van der Waals surface area contributed by atoms with Crippen molar-refractivity contribution in [3.63, 3.8) is 0 Å². The Bertz CT molecular complexity index is 591. The van der Waals surface area contributed by atoms with Crippen molar-refractivity contribution in [1.29, 1.82) is 0 Å². The lowest BCUT2D eigenvalue weighted by Gasteiger charge is -2.36. The molecule has 23 heavy (non-hydrogen) atoms. The number of aromatic nitrogens is 2. The second-order valence-electron chi connectivity index (χ2n) is 6.21. The average molecular weight is 345 g/mol. The number of amidine groups is 1. The van der Waals surface area contributed by atoms with Gasteiger partial charge in [-0.2, -0.15) is 13.2 Å². The maximum absolute atomic E-state index is 12.5. The predicted octanol–water partition coefficient (Wildman–Crippen LogP) is 2.50. The summed E-state index contributed by atoms with van der Waals surface area (Å²) >= 11 is 1.78. The fourth-order valence-electron chi connectivity index (χ4n) is 2.51. The summed E-state index contributed by atoms with van der Waals surface area (Å²) < 4.78 is 37.7. The Kier molecular flexibility index (Phi) is 4.16. The Morgan fingerprint density at radius 2 is 1.70 bits per heavy atom. The normalized spacial score (nSPS) is 21.5. The third kappa shape index (κ3) is 3.70. The van der Waals surface area contributed by atoms with Crippen LogP contribution in [0.5, 0.6) is 0 Å². The Labute approximate surface area is 137 Å². The molecule has 0 N–H and O–H groups in total. The van der Waals surface area contributed by atoms with Crippen LogP contribution in [0.25, 0.3) is 0 Å². The number of thioether (sulfide) groups is 1. The molecule has 1 saturated heterocycles. The molecule has 2 aliphatic heterocycles. The summed E-state index contributed by atoms with van der Waals surface area (Å²) in [6.45, 7) is 8.11. The van der Waals surface area contributed by atoms with Gasteiger partial charge >= 0.3 is 6.18 Å². The molecule has 126 valence electrons. The molecule has 0 aliphatic carbocycles. The minimum absolute atomic E-state index is 0.144. The zero-order chi connectivity index (χ0) is 16.7. The number of halogens is 3. The van der Waals surface area contributed by atoms with E-state index in [0.717, 1.165) is 30.9 Å². The van der Waals surface area contributed by atoms with E-state index in [4.69, 9.17) is 0 Å². The summed E-state index contributed by atoms with van der Waals surface area (Å²) in [5.41, 5.74) is -0.959. The summed E-state index contributed by atoms with van der Waals surface area (Å²) in [6, 6.07) is 2.37. The lowest BCUT2D eigenvalue weighted by Crippen LogP contribution is -2.48. The van der Waals surface area contributed by atoms with Gasteiger partial charge in [-0.3, -0.25) is 4.99 Å². The van der Waals surface area contributed by atoms with E-state index in [1.807, 2.05) is 4.90 Å². The van der Waals surface area contributed by atoms with E-state index in [0.29, 0.717) is 18.9 Å². The summed E-state index contributed by atoms with van der Waals surface area (Å²) in [5, 5.41) is 8.06. The van der Waals surface area contributed by atoms with E-state index in [9.17, 15) is 13.2 Å². The summed E-state index contributed by atoms with van der Waals surface area (Å²) in [7, 11) is 0. The van der Waals surface area contributed by atoms with Gasteiger partial charge in [0.25, 0.3) is 0 Å². The number of anilines is 1.